The Morgan fingerprint density at radius 2 is 2.05 bits per heavy atom. The summed E-state index contributed by atoms with van der Waals surface area (Å²) < 4.78 is 13.1. The number of aryl methyl sites for hydroxylation is 1. The highest BCUT2D eigenvalue weighted by atomic mass is 19.1. The molecule has 1 aromatic carbocycles. The van der Waals surface area contributed by atoms with E-state index in [0.29, 0.717) is 30.6 Å². The van der Waals surface area contributed by atoms with Crippen LogP contribution in [-0.2, 0) is 4.79 Å². The summed E-state index contributed by atoms with van der Waals surface area (Å²) >= 11 is 0. The van der Waals surface area contributed by atoms with Crippen molar-refractivity contribution < 1.29 is 19.1 Å². The molecular formula is C15H21FN2O3. The summed E-state index contributed by atoms with van der Waals surface area (Å²) in [6.07, 6.45) is 1.45. The van der Waals surface area contributed by atoms with Crippen molar-refractivity contribution in [3.05, 3.63) is 29.6 Å². The van der Waals surface area contributed by atoms with Crippen LogP contribution in [-0.4, -0.2) is 23.7 Å². The Labute approximate surface area is 123 Å². The van der Waals surface area contributed by atoms with E-state index in [0.717, 1.165) is 0 Å². The Bertz CT molecular complexity index is 506. The van der Waals surface area contributed by atoms with Gasteiger partial charge >= 0.3 is 12.0 Å². The normalized spacial score (nSPS) is 11.8. The second-order valence-electron chi connectivity index (χ2n) is 5.17. The monoisotopic (exact) mass is 296 g/mol. The molecule has 0 radical (unpaired) electrons. The van der Waals surface area contributed by atoms with Crippen LogP contribution in [0.3, 0.4) is 0 Å². The maximum absolute atomic E-state index is 13.1. The highest BCUT2D eigenvalue weighted by Gasteiger charge is 2.07. The van der Waals surface area contributed by atoms with Gasteiger partial charge in [-0.15, -0.1) is 0 Å². The molecule has 21 heavy (non-hydrogen) atoms. The number of carboxylic acids is 1. The van der Waals surface area contributed by atoms with Gasteiger partial charge in [0.2, 0.25) is 0 Å². The largest absolute Gasteiger partial charge is 0.481 e. The first-order chi connectivity index (χ1) is 9.88. The van der Waals surface area contributed by atoms with Crippen molar-refractivity contribution in [1.29, 1.82) is 0 Å². The number of carbonyl (C=O) groups excluding carboxylic acids is 1. The molecule has 5 nitrogen and oxygen atoms in total. The summed E-state index contributed by atoms with van der Waals surface area (Å²) in [6, 6.07) is 4.01. The third kappa shape index (κ3) is 6.74. The van der Waals surface area contributed by atoms with Crippen molar-refractivity contribution in [3.63, 3.8) is 0 Å². The molecule has 0 spiro atoms. The fourth-order valence-corrected chi connectivity index (χ4v) is 1.84. The van der Waals surface area contributed by atoms with Crippen LogP contribution in [0.15, 0.2) is 18.2 Å². The summed E-state index contributed by atoms with van der Waals surface area (Å²) in [5.74, 6) is -0.887. The van der Waals surface area contributed by atoms with Crippen LogP contribution in [0.5, 0.6) is 0 Å². The SMILES string of the molecule is Cc1cc(NC(=O)NCCC(C)CCC(=O)O)ccc1F. The first-order valence-corrected chi connectivity index (χ1v) is 6.91. The number of hydrogen-bond donors (Lipinski definition) is 3. The molecule has 116 valence electrons. The molecule has 0 saturated heterocycles. The first kappa shape index (κ1) is 16.9. The highest BCUT2D eigenvalue weighted by Crippen LogP contribution is 2.13. The van der Waals surface area contributed by atoms with Gasteiger partial charge in [0.05, 0.1) is 0 Å². The van der Waals surface area contributed by atoms with Gasteiger partial charge in [-0.2, -0.15) is 0 Å². The zero-order chi connectivity index (χ0) is 15.8. The summed E-state index contributed by atoms with van der Waals surface area (Å²) in [5, 5.41) is 13.9. The molecule has 2 amide bonds. The number of rotatable bonds is 7. The van der Waals surface area contributed by atoms with E-state index in [1.165, 1.54) is 12.1 Å². The summed E-state index contributed by atoms with van der Waals surface area (Å²) in [4.78, 5) is 22.1. The van der Waals surface area contributed by atoms with E-state index in [9.17, 15) is 14.0 Å². The molecule has 0 aliphatic heterocycles. The lowest BCUT2D eigenvalue weighted by atomic mass is 10.0. The van der Waals surface area contributed by atoms with Crippen LogP contribution in [0.4, 0.5) is 14.9 Å². The number of urea groups is 1. The number of carbonyl (C=O) groups is 2. The molecule has 0 aromatic heterocycles. The predicted molar refractivity (Wildman–Crippen MR) is 78.8 cm³/mol. The maximum atomic E-state index is 13.1. The molecular weight excluding hydrogens is 275 g/mol. The fourth-order valence-electron chi connectivity index (χ4n) is 1.84. The van der Waals surface area contributed by atoms with Gasteiger partial charge in [-0.1, -0.05) is 6.92 Å². The number of anilines is 1. The van der Waals surface area contributed by atoms with Gasteiger partial charge in [0.1, 0.15) is 5.82 Å². The van der Waals surface area contributed by atoms with Crippen LogP contribution in [0.1, 0.15) is 31.7 Å². The molecule has 0 aliphatic rings. The zero-order valence-electron chi connectivity index (χ0n) is 12.3. The topological polar surface area (TPSA) is 78.4 Å². The van der Waals surface area contributed by atoms with Gasteiger partial charge in [-0.25, -0.2) is 9.18 Å². The fraction of sp³-hybridized carbons (Fsp3) is 0.467. The van der Waals surface area contributed by atoms with Gasteiger partial charge in [-0.05, 0) is 49.4 Å². The minimum absolute atomic E-state index is 0.141. The number of carboxylic acid groups (broad SMARTS) is 1. The number of benzene rings is 1. The van der Waals surface area contributed by atoms with Crippen LogP contribution in [0, 0.1) is 18.7 Å². The van der Waals surface area contributed by atoms with E-state index in [1.54, 1.807) is 13.0 Å². The van der Waals surface area contributed by atoms with Crippen molar-refractivity contribution in [3.8, 4) is 0 Å². The molecule has 1 unspecified atom stereocenters. The molecule has 6 heteroatoms. The number of hydrogen-bond acceptors (Lipinski definition) is 2. The summed E-state index contributed by atoms with van der Waals surface area (Å²) in [7, 11) is 0. The third-order valence-corrected chi connectivity index (χ3v) is 3.19. The maximum Gasteiger partial charge on any atom is 0.319 e. The Balaban J connectivity index is 2.27. The lowest BCUT2D eigenvalue weighted by molar-refractivity contribution is -0.137. The van der Waals surface area contributed by atoms with Crippen molar-refractivity contribution >= 4 is 17.7 Å². The molecule has 3 N–H and O–H groups in total. The third-order valence-electron chi connectivity index (χ3n) is 3.19. The second kappa shape index (κ2) is 8.24. The van der Waals surface area contributed by atoms with E-state index in [2.05, 4.69) is 10.6 Å². The second-order valence-corrected chi connectivity index (χ2v) is 5.17. The predicted octanol–water partition coefficient (Wildman–Crippen LogP) is 3.15. The van der Waals surface area contributed by atoms with Crippen LogP contribution < -0.4 is 10.6 Å². The molecule has 0 bridgehead atoms. The average Bonchev–Trinajstić information content (AvgIpc) is 2.40. The van der Waals surface area contributed by atoms with Crippen LogP contribution in [0.2, 0.25) is 0 Å². The smallest absolute Gasteiger partial charge is 0.319 e. The Kier molecular flexibility index (Phi) is 6.65. The van der Waals surface area contributed by atoms with Gasteiger partial charge in [0.25, 0.3) is 0 Å². The van der Waals surface area contributed by atoms with E-state index in [-0.39, 0.29) is 24.2 Å². The number of amides is 2. The first-order valence-electron chi connectivity index (χ1n) is 6.91. The lowest BCUT2D eigenvalue weighted by Gasteiger charge is -2.12. The van der Waals surface area contributed by atoms with E-state index in [1.807, 2.05) is 6.92 Å². The Hall–Kier alpha value is -2.11. The zero-order valence-corrected chi connectivity index (χ0v) is 12.3. The minimum atomic E-state index is -0.806. The van der Waals surface area contributed by atoms with E-state index in [4.69, 9.17) is 5.11 Å². The highest BCUT2D eigenvalue weighted by molar-refractivity contribution is 5.89. The van der Waals surface area contributed by atoms with Crippen LogP contribution in [0.25, 0.3) is 0 Å². The van der Waals surface area contributed by atoms with E-state index >= 15 is 0 Å². The minimum Gasteiger partial charge on any atom is -0.481 e. The van der Waals surface area contributed by atoms with Crippen LogP contribution >= 0.6 is 0 Å². The van der Waals surface area contributed by atoms with Crippen molar-refractivity contribution in [2.24, 2.45) is 5.92 Å². The van der Waals surface area contributed by atoms with Gasteiger partial charge in [0.15, 0.2) is 0 Å². The van der Waals surface area contributed by atoms with Gasteiger partial charge < -0.3 is 15.7 Å². The average molecular weight is 296 g/mol. The van der Waals surface area contributed by atoms with Crippen molar-refractivity contribution in [2.75, 3.05) is 11.9 Å². The molecule has 0 fully saturated rings. The summed E-state index contributed by atoms with van der Waals surface area (Å²) in [6.45, 7) is 4.04. The number of halogens is 1. The molecule has 0 aliphatic carbocycles. The standard InChI is InChI=1S/C15H21FN2O3/c1-10(3-6-14(19)20)7-8-17-15(21)18-12-4-5-13(16)11(2)9-12/h4-5,9-10H,3,6-8H2,1-2H3,(H,19,20)(H2,17,18,21). The van der Waals surface area contributed by atoms with Gasteiger partial charge in [-0.3, -0.25) is 4.79 Å². The lowest BCUT2D eigenvalue weighted by Crippen LogP contribution is -2.30. The molecule has 0 heterocycles. The number of nitrogens with one attached hydrogen (secondary N) is 2. The Morgan fingerprint density at radius 1 is 1.33 bits per heavy atom. The molecule has 0 saturated carbocycles. The van der Waals surface area contributed by atoms with Crippen molar-refractivity contribution in [2.45, 2.75) is 33.1 Å². The molecule has 1 rings (SSSR count). The van der Waals surface area contributed by atoms with Crippen molar-refractivity contribution in [1.82, 2.24) is 5.32 Å². The number of aliphatic carboxylic acids is 1. The molecule has 1 aromatic rings. The Morgan fingerprint density at radius 3 is 2.67 bits per heavy atom. The quantitative estimate of drug-likeness (QED) is 0.723. The van der Waals surface area contributed by atoms with E-state index < -0.39 is 5.97 Å². The molecule has 1 atom stereocenters. The summed E-state index contributed by atoms with van der Waals surface area (Å²) in [5.41, 5.74) is 1.00. The van der Waals surface area contributed by atoms with Gasteiger partial charge in [0, 0.05) is 18.7 Å².